The number of carboxylic acid groups (broad SMARTS) is 1. The van der Waals surface area contributed by atoms with E-state index in [-0.39, 0.29) is 12.3 Å². The summed E-state index contributed by atoms with van der Waals surface area (Å²) in [7, 11) is 0. The molecule has 0 unspecified atom stereocenters. The Bertz CT molecular complexity index is 1510. The number of aryl methyl sites for hydroxylation is 1. The van der Waals surface area contributed by atoms with Crippen LogP contribution in [0.1, 0.15) is 37.6 Å². The van der Waals surface area contributed by atoms with Gasteiger partial charge in [-0.05, 0) is 71.8 Å². The predicted molar refractivity (Wildman–Crippen MR) is 153 cm³/mol. The Morgan fingerprint density at radius 2 is 1.84 bits per heavy atom. The molecule has 0 aliphatic carbocycles. The van der Waals surface area contributed by atoms with Gasteiger partial charge in [-0.15, -0.1) is 11.3 Å². The van der Waals surface area contributed by atoms with Crippen molar-refractivity contribution in [2.45, 2.75) is 33.7 Å². The van der Waals surface area contributed by atoms with Crippen LogP contribution >= 0.6 is 23.3 Å². The van der Waals surface area contributed by atoms with Crippen molar-refractivity contribution in [3.63, 3.8) is 0 Å². The van der Waals surface area contributed by atoms with Gasteiger partial charge in [0, 0.05) is 29.1 Å². The molecule has 8 heteroatoms. The molecule has 5 rings (SSSR count). The molecule has 0 spiro atoms. The Kier molecular flexibility index (Phi) is 6.79. The Labute approximate surface area is 224 Å². The van der Waals surface area contributed by atoms with E-state index >= 15 is 0 Å². The minimum Gasteiger partial charge on any atom is -0.481 e. The lowest BCUT2D eigenvalue weighted by atomic mass is 9.81. The summed E-state index contributed by atoms with van der Waals surface area (Å²) >= 11 is 2.92. The van der Waals surface area contributed by atoms with E-state index in [9.17, 15) is 14.7 Å². The van der Waals surface area contributed by atoms with Gasteiger partial charge >= 0.3 is 5.97 Å². The highest BCUT2D eigenvalue weighted by molar-refractivity contribution is 7.99. The summed E-state index contributed by atoms with van der Waals surface area (Å²) in [6.07, 6.45) is 3.61. The van der Waals surface area contributed by atoms with Gasteiger partial charge in [-0.3, -0.25) is 9.59 Å². The average molecular weight is 530 g/mol. The number of aliphatic carboxylic acids is 1. The molecular formula is C29H27N3O3S2. The Morgan fingerprint density at radius 1 is 1.08 bits per heavy atom. The highest BCUT2D eigenvalue weighted by Gasteiger charge is 2.30. The molecule has 0 saturated heterocycles. The van der Waals surface area contributed by atoms with Crippen LogP contribution in [0.15, 0.2) is 54.0 Å². The first kappa shape index (κ1) is 25.0. The fraction of sp³-hybridized carbons (Fsp3) is 0.207. The van der Waals surface area contributed by atoms with Gasteiger partial charge in [0.05, 0.1) is 18.7 Å². The first-order valence-electron chi connectivity index (χ1n) is 11.9. The number of aromatic nitrogens is 1. The van der Waals surface area contributed by atoms with Gasteiger partial charge in [0.2, 0.25) is 0 Å². The standard InChI is InChI=1S/C29H27N3O3S2/c1-16-5-7-19(8-6-16)25-18(3)26-22-10-9-21(31-28(35)29-30-11-12-37-29)13-20(22)15-32(36-4)27(26)17(2)23(25)14-24(33)34/h5-13H,14-15H2,1-4H3,(H,31,35)(H,33,34). The number of rotatable bonds is 6. The number of amides is 1. The molecule has 1 aromatic heterocycles. The third-order valence-electron chi connectivity index (χ3n) is 6.81. The van der Waals surface area contributed by atoms with Crippen LogP contribution < -0.4 is 9.62 Å². The van der Waals surface area contributed by atoms with Crippen LogP contribution in [0.5, 0.6) is 0 Å². The number of fused-ring (bicyclic) bond motifs is 3. The van der Waals surface area contributed by atoms with E-state index < -0.39 is 5.97 Å². The third kappa shape index (κ3) is 4.63. The van der Waals surface area contributed by atoms with E-state index in [1.165, 1.54) is 11.3 Å². The van der Waals surface area contributed by atoms with E-state index in [1.54, 1.807) is 23.5 Å². The number of hydrogen-bond acceptors (Lipinski definition) is 6. The van der Waals surface area contributed by atoms with Crippen molar-refractivity contribution in [2.75, 3.05) is 15.9 Å². The molecule has 1 amide bonds. The minimum atomic E-state index is -0.844. The van der Waals surface area contributed by atoms with Crippen molar-refractivity contribution in [1.82, 2.24) is 4.98 Å². The summed E-state index contributed by atoms with van der Waals surface area (Å²) in [4.78, 5) is 28.6. The molecule has 1 aliphatic rings. The molecule has 2 N–H and O–H groups in total. The smallest absolute Gasteiger partial charge is 0.307 e. The lowest BCUT2D eigenvalue weighted by Crippen LogP contribution is -2.23. The summed E-state index contributed by atoms with van der Waals surface area (Å²) < 4.78 is 2.22. The van der Waals surface area contributed by atoms with E-state index in [1.807, 2.05) is 32.2 Å². The topological polar surface area (TPSA) is 82.5 Å². The molecule has 6 nitrogen and oxygen atoms in total. The third-order valence-corrected chi connectivity index (χ3v) is 8.33. The van der Waals surface area contributed by atoms with Gasteiger partial charge in [-0.25, -0.2) is 4.98 Å². The second-order valence-electron chi connectivity index (χ2n) is 9.15. The number of carbonyl (C=O) groups is 2. The van der Waals surface area contributed by atoms with Gasteiger partial charge < -0.3 is 14.7 Å². The van der Waals surface area contributed by atoms with E-state index in [4.69, 9.17) is 0 Å². The number of benzene rings is 3. The SMILES string of the molecule is CSN1Cc2cc(NC(=O)c3nccs3)ccc2-c2c(C)c(-c3ccc(C)cc3)c(CC(=O)O)c(C)c21. The maximum absolute atomic E-state index is 12.6. The largest absolute Gasteiger partial charge is 0.481 e. The first-order chi connectivity index (χ1) is 17.8. The van der Waals surface area contributed by atoms with E-state index in [0.29, 0.717) is 11.6 Å². The minimum absolute atomic E-state index is 0.0417. The van der Waals surface area contributed by atoms with Crippen molar-refractivity contribution in [2.24, 2.45) is 0 Å². The van der Waals surface area contributed by atoms with E-state index in [0.717, 1.165) is 61.4 Å². The summed E-state index contributed by atoms with van der Waals surface area (Å²) in [5.74, 6) is -1.07. The number of nitrogens with zero attached hydrogens (tertiary/aromatic N) is 2. The van der Waals surface area contributed by atoms with Gasteiger partial charge in [-0.2, -0.15) is 0 Å². The molecular weight excluding hydrogens is 502 g/mol. The molecule has 4 aromatic rings. The fourth-order valence-corrected chi connectivity index (χ4v) is 6.34. The van der Waals surface area contributed by atoms with Crippen LogP contribution in [0.4, 0.5) is 11.4 Å². The number of nitrogens with one attached hydrogen (secondary N) is 1. The molecule has 0 saturated carbocycles. The summed E-state index contributed by atoms with van der Waals surface area (Å²) in [5.41, 5.74) is 11.1. The van der Waals surface area contributed by atoms with Crippen LogP contribution in [0, 0.1) is 20.8 Å². The van der Waals surface area contributed by atoms with Crippen LogP contribution in [0.2, 0.25) is 0 Å². The molecule has 2 heterocycles. The van der Waals surface area contributed by atoms with Crippen LogP contribution in [-0.4, -0.2) is 28.2 Å². The van der Waals surface area contributed by atoms with E-state index in [2.05, 4.69) is 51.9 Å². The predicted octanol–water partition coefficient (Wildman–Crippen LogP) is 6.88. The molecule has 0 bridgehead atoms. The lowest BCUT2D eigenvalue weighted by Gasteiger charge is -2.36. The van der Waals surface area contributed by atoms with Crippen molar-refractivity contribution < 1.29 is 14.7 Å². The van der Waals surface area contributed by atoms with Crippen molar-refractivity contribution in [3.8, 4) is 22.3 Å². The molecule has 0 fully saturated rings. The molecule has 0 radical (unpaired) electrons. The van der Waals surface area contributed by atoms with Gasteiger partial charge in [0.25, 0.3) is 5.91 Å². The van der Waals surface area contributed by atoms with Gasteiger partial charge in [0.15, 0.2) is 5.01 Å². The van der Waals surface area contributed by atoms with Crippen molar-refractivity contribution in [1.29, 1.82) is 0 Å². The number of hydrogen-bond donors (Lipinski definition) is 2. The Hall–Kier alpha value is -3.62. The summed E-state index contributed by atoms with van der Waals surface area (Å²) in [6.45, 7) is 6.81. The van der Waals surface area contributed by atoms with Gasteiger partial charge in [-0.1, -0.05) is 47.8 Å². The zero-order valence-electron chi connectivity index (χ0n) is 21.1. The number of carboxylic acids is 1. The van der Waals surface area contributed by atoms with Crippen LogP contribution in [0.3, 0.4) is 0 Å². The number of anilines is 2. The Morgan fingerprint density at radius 3 is 2.49 bits per heavy atom. The Balaban J connectivity index is 1.69. The number of carbonyl (C=O) groups excluding carboxylic acids is 1. The van der Waals surface area contributed by atoms with Crippen molar-refractivity contribution >= 4 is 46.5 Å². The molecule has 37 heavy (non-hydrogen) atoms. The first-order valence-corrected chi connectivity index (χ1v) is 13.9. The zero-order chi connectivity index (χ0) is 26.3. The summed E-state index contributed by atoms with van der Waals surface area (Å²) in [6, 6.07) is 14.3. The number of thiazole rings is 1. The van der Waals surface area contributed by atoms with Crippen molar-refractivity contribution in [3.05, 3.63) is 86.9 Å². The highest BCUT2D eigenvalue weighted by Crippen LogP contribution is 2.50. The quantitative estimate of drug-likeness (QED) is 0.265. The monoisotopic (exact) mass is 529 g/mol. The van der Waals surface area contributed by atoms with Crippen LogP contribution in [0.25, 0.3) is 22.3 Å². The maximum Gasteiger partial charge on any atom is 0.307 e. The molecule has 0 atom stereocenters. The zero-order valence-corrected chi connectivity index (χ0v) is 22.7. The van der Waals surface area contributed by atoms with Crippen LogP contribution in [-0.2, 0) is 17.8 Å². The summed E-state index contributed by atoms with van der Waals surface area (Å²) in [5, 5.41) is 15.0. The molecule has 3 aromatic carbocycles. The highest BCUT2D eigenvalue weighted by atomic mass is 32.2. The maximum atomic E-state index is 12.6. The fourth-order valence-electron chi connectivity index (χ4n) is 5.13. The second kappa shape index (κ2) is 10.0. The normalized spacial score (nSPS) is 12.2. The van der Waals surface area contributed by atoms with Gasteiger partial charge in [0.1, 0.15) is 0 Å². The molecule has 1 aliphatic heterocycles. The lowest BCUT2D eigenvalue weighted by molar-refractivity contribution is -0.136. The second-order valence-corrected chi connectivity index (χ2v) is 10.8. The molecule has 188 valence electrons. The average Bonchev–Trinajstić information content (AvgIpc) is 3.42.